The molecule has 116 valence electrons. The molecule has 0 saturated carbocycles. The normalized spacial score (nSPS) is 22.6. The minimum Gasteiger partial charge on any atom is -0.333 e. The SMILES string of the molecule is CCC1CCC(C)N1C(=O)c1cc(S(=O)(=O)Cl)ccc1Cl. The number of rotatable bonds is 3. The standard InChI is InChI=1S/C14H17Cl2NO3S/c1-3-10-5-4-9(2)17(10)14(18)12-8-11(21(16,19)20)6-7-13(12)15/h6-10H,3-5H2,1-2H3. The van der Waals surface area contributed by atoms with Crippen LogP contribution in [0, 0.1) is 0 Å². The van der Waals surface area contributed by atoms with Gasteiger partial charge in [0, 0.05) is 22.8 Å². The highest BCUT2D eigenvalue weighted by Gasteiger charge is 2.34. The molecule has 1 aliphatic heterocycles. The number of carbonyl (C=O) groups is 1. The van der Waals surface area contributed by atoms with Crippen molar-refractivity contribution in [2.24, 2.45) is 0 Å². The van der Waals surface area contributed by atoms with Gasteiger partial charge in [-0.3, -0.25) is 4.79 Å². The Morgan fingerprint density at radius 2 is 2.05 bits per heavy atom. The molecule has 1 aromatic rings. The third-order valence-electron chi connectivity index (χ3n) is 3.94. The fraction of sp³-hybridized carbons (Fsp3) is 0.500. The third kappa shape index (κ3) is 3.35. The average Bonchev–Trinajstić information content (AvgIpc) is 2.78. The first-order valence-corrected chi connectivity index (χ1v) is 9.51. The summed E-state index contributed by atoms with van der Waals surface area (Å²) in [6, 6.07) is 4.23. The number of benzene rings is 1. The summed E-state index contributed by atoms with van der Waals surface area (Å²) in [4.78, 5) is 14.4. The molecule has 4 nitrogen and oxygen atoms in total. The van der Waals surface area contributed by atoms with E-state index in [1.165, 1.54) is 18.2 Å². The van der Waals surface area contributed by atoms with Crippen LogP contribution in [0.15, 0.2) is 23.1 Å². The first kappa shape index (κ1) is 16.6. The molecule has 1 fully saturated rings. The zero-order chi connectivity index (χ0) is 15.8. The van der Waals surface area contributed by atoms with Crippen LogP contribution in [0.3, 0.4) is 0 Å². The largest absolute Gasteiger partial charge is 0.333 e. The molecule has 7 heteroatoms. The van der Waals surface area contributed by atoms with E-state index in [0.29, 0.717) is 0 Å². The summed E-state index contributed by atoms with van der Waals surface area (Å²) in [5.41, 5.74) is 0.186. The molecular weight excluding hydrogens is 333 g/mol. The molecule has 1 aliphatic rings. The second-order valence-corrected chi connectivity index (χ2v) is 8.25. The minimum absolute atomic E-state index is 0.114. The van der Waals surface area contributed by atoms with Crippen molar-refractivity contribution in [1.82, 2.24) is 4.90 Å². The van der Waals surface area contributed by atoms with Crippen molar-refractivity contribution >= 4 is 37.2 Å². The Labute approximate surface area is 134 Å². The zero-order valence-corrected chi connectivity index (χ0v) is 14.2. The highest BCUT2D eigenvalue weighted by Crippen LogP contribution is 2.31. The first-order chi connectivity index (χ1) is 9.75. The fourth-order valence-corrected chi connectivity index (χ4v) is 3.77. The van der Waals surface area contributed by atoms with Crippen LogP contribution in [0.25, 0.3) is 0 Å². The molecule has 2 atom stereocenters. The van der Waals surface area contributed by atoms with E-state index in [-0.39, 0.29) is 33.5 Å². The van der Waals surface area contributed by atoms with Crippen molar-refractivity contribution in [1.29, 1.82) is 0 Å². The van der Waals surface area contributed by atoms with Crippen LogP contribution in [0.5, 0.6) is 0 Å². The Hall–Kier alpha value is -0.780. The van der Waals surface area contributed by atoms with Crippen molar-refractivity contribution in [3.05, 3.63) is 28.8 Å². The van der Waals surface area contributed by atoms with Gasteiger partial charge in [-0.1, -0.05) is 18.5 Å². The first-order valence-electron chi connectivity index (χ1n) is 6.82. The quantitative estimate of drug-likeness (QED) is 0.782. The van der Waals surface area contributed by atoms with Crippen LogP contribution in [0.2, 0.25) is 5.02 Å². The van der Waals surface area contributed by atoms with Crippen LogP contribution in [0.1, 0.15) is 43.5 Å². The Morgan fingerprint density at radius 3 is 2.62 bits per heavy atom. The van der Waals surface area contributed by atoms with Gasteiger partial charge in [-0.25, -0.2) is 8.42 Å². The lowest BCUT2D eigenvalue weighted by molar-refractivity contribution is 0.0676. The topological polar surface area (TPSA) is 54.5 Å². The van der Waals surface area contributed by atoms with Gasteiger partial charge < -0.3 is 4.90 Å². The number of amides is 1. The summed E-state index contributed by atoms with van der Waals surface area (Å²) in [5, 5.41) is 0.234. The van der Waals surface area contributed by atoms with Gasteiger partial charge in [-0.2, -0.15) is 0 Å². The van der Waals surface area contributed by atoms with Gasteiger partial charge >= 0.3 is 0 Å². The van der Waals surface area contributed by atoms with Crippen LogP contribution in [0.4, 0.5) is 0 Å². The summed E-state index contributed by atoms with van der Waals surface area (Å²) in [7, 11) is 1.45. The summed E-state index contributed by atoms with van der Waals surface area (Å²) < 4.78 is 22.8. The molecular formula is C14H17Cl2NO3S. The molecule has 0 spiro atoms. The minimum atomic E-state index is -3.89. The molecule has 21 heavy (non-hydrogen) atoms. The number of carbonyl (C=O) groups excluding carboxylic acids is 1. The molecule has 1 heterocycles. The number of hydrogen-bond acceptors (Lipinski definition) is 3. The Kier molecular flexibility index (Phi) is 4.85. The van der Waals surface area contributed by atoms with E-state index in [0.717, 1.165) is 19.3 Å². The Morgan fingerprint density at radius 1 is 1.38 bits per heavy atom. The zero-order valence-electron chi connectivity index (χ0n) is 11.8. The maximum atomic E-state index is 12.7. The van der Waals surface area contributed by atoms with E-state index >= 15 is 0 Å². The van der Waals surface area contributed by atoms with E-state index in [1.54, 1.807) is 4.90 Å². The predicted molar refractivity (Wildman–Crippen MR) is 83.4 cm³/mol. The summed E-state index contributed by atoms with van der Waals surface area (Å²) in [5.74, 6) is -0.237. The van der Waals surface area contributed by atoms with Crippen LogP contribution >= 0.6 is 22.3 Å². The molecule has 1 aromatic carbocycles. The van der Waals surface area contributed by atoms with Crippen LogP contribution < -0.4 is 0 Å². The molecule has 2 unspecified atom stereocenters. The van der Waals surface area contributed by atoms with Crippen molar-refractivity contribution in [2.75, 3.05) is 0 Å². The number of likely N-dealkylation sites (tertiary alicyclic amines) is 1. The molecule has 1 saturated heterocycles. The fourth-order valence-electron chi connectivity index (χ4n) is 2.80. The highest BCUT2D eigenvalue weighted by atomic mass is 35.7. The van der Waals surface area contributed by atoms with Crippen molar-refractivity contribution in [3.63, 3.8) is 0 Å². The lowest BCUT2D eigenvalue weighted by atomic mass is 10.1. The number of nitrogens with zero attached hydrogens (tertiary/aromatic N) is 1. The summed E-state index contributed by atoms with van der Waals surface area (Å²) >= 11 is 6.07. The lowest BCUT2D eigenvalue weighted by Gasteiger charge is -2.28. The van der Waals surface area contributed by atoms with Crippen molar-refractivity contribution < 1.29 is 13.2 Å². The molecule has 0 bridgehead atoms. The maximum Gasteiger partial charge on any atom is 0.261 e. The molecule has 0 aromatic heterocycles. The summed E-state index contributed by atoms with van der Waals surface area (Å²) in [6.45, 7) is 4.02. The van der Waals surface area contributed by atoms with E-state index < -0.39 is 9.05 Å². The molecule has 0 aliphatic carbocycles. The predicted octanol–water partition coefficient (Wildman–Crippen LogP) is 3.67. The number of hydrogen-bond donors (Lipinski definition) is 0. The average molecular weight is 350 g/mol. The highest BCUT2D eigenvalue weighted by molar-refractivity contribution is 8.13. The smallest absolute Gasteiger partial charge is 0.261 e. The maximum absolute atomic E-state index is 12.7. The van der Waals surface area contributed by atoms with E-state index in [9.17, 15) is 13.2 Å². The van der Waals surface area contributed by atoms with Gasteiger partial charge in [0.05, 0.1) is 15.5 Å². The van der Waals surface area contributed by atoms with Gasteiger partial charge in [-0.15, -0.1) is 0 Å². The molecule has 1 amide bonds. The Balaban J connectivity index is 2.43. The second kappa shape index (κ2) is 6.15. The van der Waals surface area contributed by atoms with Crippen LogP contribution in [-0.4, -0.2) is 31.3 Å². The van der Waals surface area contributed by atoms with Gasteiger partial charge in [0.15, 0.2) is 0 Å². The van der Waals surface area contributed by atoms with Gasteiger partial charge in [0.2, 0.25) is 0 Å². The van der Waals surface area contributed by atoms with Gasteiger partial charge in [-0.05, 0) is 44.4 Å². The van der Waals surface area contributed by atoms with Crippen molar-refractivity contribution in [3.8, 4) is 0 Å². The Bertz CT molecular complexity index is 660. The van der Waals surface area contributed by atoms with E-state index in [2.05, 4.69) is 0 Å². The molecule has 2 rings (SSSR count). The van der Waals surface area contributed by atoms with E-state index in [1.807, 2.05) is 13.8 Å². The lowest BCUT2D eigenvalue weighted by Crippen LogP contribution is -2.39. The van der Waals surface area contributed by atoms with Gasteiger partial charge in [0.1, 0.15) is 0 Å². The summed E-state index contributed by atoms with van der Waals surface area (Å²) in [6.07, 6.45) is 2.76. The van der Waals surface area contributed by atoms with Gasteiger partial charge in [0.25, 0.3) is 15.0 Å². The monoisotopic (exact) mass is 349 g/mol. The molecule has 0 radical (unpaired) electrons. The number of halogens is 2. The van der Waals surface area contributed by atoms with E-state index in [4.69, 9.17) is 22.3 Å². The van der Waals surface area contributed by atoms with Crippen molar-refractivity contribution in [2.45, 2.75) is 50.1 Å². The third-order valence-corrected chi connectivity index (χ3v) is 5.62. The second-order valence-electron chi connectivity index (χ2n) is 5.28. The molecule has 0 N–H and O–H groups in total. The van der Waals surface area contributed by atoms with Crippen LogP contribution in [-0.2, 0) is 9.05 Å².